The number of rotatable bonds is 5. The lowest BCUT2D eigenvalue weighted by Gasteiger charge is -2.08. The van der Waals surface area contributed by atoms with Crippen LogP contribution in [-0.2, 0) is 6.18 Å². The van der Waals surface area contributed by atoms with Gasteiger partial charge in [-0.1, -0.05) is 0 Å². The number of ketones is 1. The zero-order valence-electron chi connectivity index (χ0n) is 12.5. The monoisotopic (exact) mass is 338 g/mol. The summed E-state index contributed by atoms with van der Waals surface area (Å²) in [5.41, 5.74) is -1.06. The summed E-state index contributed by atoms with van der Waals surface area (Å²) in [5.74, 6) is -1.44. The lowest BCUT2D eigenvalue weighted by molar-refractivity contribution is -0.140. The first-order chi connectivity index (χ1) is 11.3. The van der Waals surface area contributed by atoms with Crippen LogP contribution in [0.1, 0.15) is 15.9 Å². The zero-order valence-corrected chi connectivity index (χ0v) is 12.5. The van der Waals surface area contributed by atoms with Crippen molar-refractivity contribution in [3.63, 3.8) is 0 Å². The van der Waals surface area contributed by atoms with Crippen molar-refractivity contribution in [2.75, 3.05) is 12.4 Å². The summed E-state index contributed by atoms with van der Waals surface area (Å²) in [6.45, 7) is 0. The third-order valence-corrected chi connectivity index (χ3v) is 3.13. The lowest BCUT2D eigenvalue weighted by atomic mass is 10.1. The third kappa shape index (κ3) is 4.34. The van der Waals surface area contributed by atoms with E-state index >= 15 is 0 Å². The molecular formula is C17H13F4NO2. The number of ether oxygens (including phenoxy) is 1. The number of alkyl halides is 3. The summed E-state index contributed by atoms with van der Waals surface area (Å²) in [4.78, 5) is 11.9. The van der Waals surface area contributed by atoms with Gasteiger partial charge in [0, 0.05) is 23.5 Å². The van der Waals surface area contributed by atoms with E-state index in [9.17, 15) is 22.4 Å². The number of nitrogens with one attached hydrogen (secondary N) is 1. The van der Waals surface area contributed by atoms with Crippen LogP contribution in [0, 0.1) is 5.82 Å². The molecular weight excluding hydrogens is 325 g/mol. The van der Waals surface area contributed by atoms with E-state index in [0.717, 1.165) is 12.1 Å². The minimum absolute atomic E-state index is 0.253. The van der Waals surface area contributed by atoms with Crippen molar-refractivity contribution >= 4 is 11.5 Å². The van der Waals surface area contributed by atoms with E-state index in [-0.39, 0.29) is 5.56 Å². The van der Waals surface area contributed by atoms with Crippen molar-refractivity contribution < 1.29 is 27.1 Å². The number of carbonyl (C=O) groups is 1. The summed E-state index contributed by atoms with van der Waals surface area (Å²) in [6, 6.07) is 8.93. The molecule has 0 bridgehead atoms. The van der Waals surface area contributed by atoms with Crippen LogP contribution >= 0.6 is 0 Å². The predicted octanol–water partition coefficient (Wildman–Crippen LogP) is 4.66. The molecule has 24 heavy (non-hydrogen) atoms. The van der Waals surface area contributed by atoms with Gasteiger partial charge in [0.1, 0.15) is 11.6 Å². The molecule has 0 aromatic heterocycles. The molecule has 0 saturated carbocycles. The first kappa shape index (κ1) is 17.5. The highest BCUT2D eigenvalue weighted by Gasteiger charge is 2.34. The minimum Gasteiger partial charge on any atom is -0.497 e. The van der Waals surface area contributed by atoms with Crippen molar-refractivity contribution in [3.05, 3.63) is 71.7 Å². The molecule has 1 N–H and O–H groups in total. The van der Waals surface area contributed by atoms with Gasteiger partial charge < -0.3 is 10.1 Å². The molecule has 7 heteroatoms. The summed E-state index contributed by atoms with van der Waals surface area (Å²) in [7, 11) is 1.53. The Bertz CT molecular complexity index is 752. The van der Waals surface area contributed by atoms with Crippen LogP contribution in [0.15, 0.2) is 54.7 Å². The second kappa shape index (κ2) is 7.16. The largest absolute Gasteiger partial charge is 0.497 e. The highest BCUT2D eigenvalue weighted by atomic mass is 19.4. The van der Waals surface area contributed by atoms with E-state index in [4.69, 9.17) is 4.74 Å². The van der Waals surface area contributed by atoms with Gasteiger partial charge in [0.2, 0.25) is 0 Å². The first-order valence-electron chi connectivity index (χ1n) is 6.79. The number of benzene rings is 2. The molecule has 0 heterocycles. The maximum atomic E-state index is 13.2. The second-order valence-corrected chi connectivity index (χ2v) is 4.76. The van der Waals surface area contributed by atoms with E-state index in [1.165, 1.54) is 13.3 Å². The zero-order chi connectivity index (χ0) is 17.7. The van der Waals surface area contributed by atoms with Gasteiger partial charge in [0.15, 0.2) is 5.78 Å². The molecule has 2 aromatic carbocycles. The van der Waals surface area contributed by atoms with Gasteiger partial charge in [-0.25, -0.2) is 4.39 Å². The van der Waals surface area contributed by atoms with Crippen LogP contribution in [0.25, 0.3) is 0 Å². The molecule has 0 amide bonds. The molecule has 0 fully saturated rings. The number of halogens is 4. The summed E-state index contributed by atoms with van der Waals surface area (Å²) >= 11 is 0. The van der Waals surface area contributed by atoms with Gasteiger partial charge >= 0.3 is 6.18 Å². The van der Waals surface area contributed by atoms with E-state index in [2.05, 4.69) is 5.32 Å². The fourth-order valence-electron chi connectivity index (χ4n) is 1.89. The van der Waals surface area contributed by atoms with E-state index in [0.29, 0.717) is 23.6 Å². The van der Waals surface area contributed by atoms with E-state index < -0.39 is 23.3 Å². The number of carbonyl (C=O) groups excluding carboxylic acids is 1. The summed E-state index contributed by atoms with van der Waals surface area (Å²) in [6.07, 6.45) is -2.50. The van der Waals surface area contributed by atoms with Gasteiger partial charge in [-0.15, -0.1) is 0 Å². The Hall–Kier alpha value is -2.83. The fraction of sp³-hybridized carbons (Fsp3) is 0.118. The Labute approximate surface area is 135 Å². The maximum Gasteiger partial charge on any atom is 0.419 e. The molecule has 2 aromatic rings. The highest BCUT2D eigenvalue weighted by Crippen LogP contribution is 2.32. The molecule has 0 atom stereocenters. The molecule has 3 nitrogen and oxygen atoms in total. The predicted molar refractivity (Wildman–Crippen MR) is 81.5 cm³/mol. The molecule has 0 aliphatic rings. The van der Waals surface area contributed by atoms with Gasteiger partial charge in [-0.2, -0.15) is 13.2 Å². The Morgan fingerprint density at radius 3 is 2.38 bits per heavy atom. The van der Waals surface area contributed by atoms with Crippen LogP contribution < -0.4 is 10.1 Å². The average Bonchev–Trinajstić information content (AvgIpc) is 2.54. The van der Waals surface area contributed by atoms with Crippen molar-refractivity contribution in [2.24, 2.45) is 0 Å². The lowest BCUT2D eigenvalue weighted by Crippen LogP contribution is -2.10. The third-order valence-electron chi connectivity index (χ3n) is 3.13. The van der Waals surface area contributed by atoms with E-state index in [1.54, 1.807) is 24.3 Å². The molecule has 2 rings (SSSR count). The van der Waals surface area contributed by atoms with Gasteiger partial charge in [0.05, 0.1) is 12.7 Å². The van der Waals surface area contributed by atoms with Crippen molar-refractivity contribution in [3.8, 4) is 5.75 Å². The molecule has 0 radical (unpaired) electrons. The molecule has 0 aliphatic heterocycles. The average molecular weight is 338 g/mol. The van der Waals surface area contributed by atoms with E-state index in [1.807, 2.05) is 0 Å². The van der Waals surface area contributed by atoms with Crippen LogP contribution in [0.4, 0.5) is 23.2 Å². The summed E-state index contributed by atoms with van der Waals surface area (Å²) < 4.78 is 56.1. The van der Waals surface area contributed by atoms with Crippen LogP contribution in [0.5, 0.6) is 5.75 Å². The van der Waals surface area contributed by atoms with Crippen molar-refractivity contribution in [2.45, 2.75) is 6.18 Å². The molecule has 0 unspecified atom stereocenters. The van der Waals surface area contributed by atoms with Crippen molar-refractivity contribution in [1.82, 2.24) is 0 Å². The maximum absolute atomic E-state index is 13.2. The second-order valence-electron chi connectivity index (χ2n) is 4.76. The van der Waals surface area contributed by atoms with Gasteiger partial charge in [-0.3, -0.25) is 4.79 Å². The van der Waals surface area contributed by atoms with Crippen LogP contribution in [0.3, 0.4) is 0 Å². The topological polar surface area (TPSA) is 38.3 Å². The number of methoxy groups -OCH3 is 1. The number of hydrogen-bond acceptors (Lipinski definition) is 3. The Morgan fingerprint density at radius 2 is 1.79 bits per heavy atom. The fourth-order valence-corrected chi connectivity index (χ4v) is 1.89. The SMILES string of the molecule is COc1ccc(NC=CC(=O)c2ccc([18F])c(C(F)(F)F)c2)cc1. The Kier molecular flexibility index (Phi) is 5.23. The highest BCUT2D eigenvalue weighted by molar-refractivity contribution is 6.04. The van der Waals surface area contributed by atoms with Gasteiger partial charge in [-0.05, 0) is 42.5 Å². The Morgan fingerprint density at radius 1 is 1.12 bits per heavy atom. The normalized spacial score (nSPS) is 11.5. The molecule has 0 saturated heterocycles. The number of hydrogen-bond donors (Lipinski definition) is 1. The minimum atomic E-state index is -4.86. The number of anilines is 1. The Balaban J connectivity index is 2.08. The van der Waals surface area contributed by atoms with Crippen molar-refractivity contribution in [1.29, 1.82) is 0 Å². The van der Waals surface area contributed by atoms with Gasteiger partial charge in [0.25, 0.3) is 0 Å². The standard InChI is InChI=1S/C17H13F4NO2/c1-24-13-5-3-12(4-6-13)22-9-8-16(23)11-2-7-15(18)14(10-11)17(19,20)21/h2-10,22H,1H3/i18-1. The quantitative estimate of drug-likeness (QED) is 0.489. The van der Waals surface area contributed by atoms with Crippen LogP contribution in [-0.4, -0.2) is 12.9 Å². The first-order valence-corrected chi connectivity index (χ1v) is 6.79. The number of allylic oxidation sites excluding steroid dienone is 1. The molecule has 0 spiro atoms. The van der Waals surface area contributed by atoms with Crippen LogP contribution in [0.2, 0.25) is 0 Å². The molecule has 0 aliphatic carbocycles. The smallest absolute Gasteiger partial charge is 0.419 e. The summed E-state index contributed by atoms with van der Waals surface area (Å²) in [5, 5.41) is 2.80. The molecule has 126 valence electrons.